The van der Waals surface area contributed by atoms with Gasteiger partial charge in [-0.05, 0) is 80.5 Å². The number of hydrogen-bond donors (Lipinski definition) is 0. The third-order valence-electron chi connectivity index (χ3n) is 5.93. The van der Waals surface area contributed by atoms with Gasteiger partial charge in [-0.2, -0.15) is 0 Å². The highest BCUT2D eigenvalue weighted by molar-refractivity contribution is 7.88. The average molecular weight is 507 g/mol. The van der Waals surface area contributed by atoms with Gasteiger partial charge in [-0.1, -0.05) is 42.0 Å². The van der Waals surface area contributed by atoms with Crippen molar-refractivity contribution in [3.05, 3.63) is 64.9 Å². The minimum atomic E-state index is -3.18. The number of rotatable bonds is 12. The molecule has 0 N–H and O–H groups in total. The minimum Gasteiger partial charge on any atom is -0.466 e. The second-order valence-electron chi connectivity index (χ2n) is 8.31. The molecule has 0 radical (unpaired) electrons. The number of aliphatic imine (C=N–C) groups is 1. The van der Waals surface area contributed by atoms with Crippen molar-refractivity contribution in [2.24, 2.45) is 10.9 Å². The van der Waals surface area contributed by atoms with Crippen LogP contribution in [0.25, 0.3) is 6.08 Å². The maximum atomic E-state index is 12.0. The van der Waals surface area contributed by atoms with Crippen LogP contribution in [0.1, 0.15) is 56.1 Å². The van der Waals surface area contributed by atoms with Crippen LogP contribution in [0.15, 0.2) is 53.7 Å². The van der Waals surface area contributed by atoms with Gasteiger partial charge in [0.1, 0.15) is 0 Å². The highest BCUT2D eigenvalue weighted by atomic mass is 35.5. The predicted molar refractivity (Wildman–Crippen MR) is 141 cm³/mol. The van der Waals surface area contributed by atoms with Gasteiger partial charge in [0.05, 0.1) is 12.9 Å². The third-order valence-corrected chi connectivity index (χ3v) is 7.47. The van der Waals surface area contributed by atoms with Gasteiger partial charge in [0.25, 0.3) is 0 Å². The molecule has 0 aliphatic carbocycles. The Balaban J connectivity index is 2.26. The van der Waals surface area contributed by atoms with E-state index in [1.165, 1.54) is 11.8 Å². The van der Waals surface area contributed by atoms with Crippen LogP contribution < -0.4 is 0 Å². The lowest BCUT2D eigenvalue weighted by atomic mass is 9.77. The topological polar surface area (TPSA) is 76.0 Å². The van der Waals surface area contributed by atoms with Gasteiger partial charge in [-0.25, -0.2) is 12.7 Å². The van der Waals surface area contributed by atoms with Gasteiger partial charge in [0, 0.05) is 30.7 Å². The first-order valence-corrected chi connectivity index (χ1v) is 13.8. The molecule has 0 spiro atoms. The molecule has 2 rings (SSSR count). The lowest BCUT2D eigenvalue weighted by molar-refractivity contribution is -0.142. The Morgan fingerprint density at radius 1 is 1.29 bits per heavy atom. The number of carbonyl (C=O) groups is 1. The summed E-state index contributed by atoms with van der Waals surface area (Å²) >= 11 is 6.32. The number of hydrogen-bond acceptors (Lipinski definition) is 5. The molecule has 186 valence electrons. The Hall–Kier alpha value is -2.22. The molecule has 1 heterocycles. The van der Waals surface area contributed by atoms with Crippen molar-refractivity contribution in [1.29, 1.82) is 0 Å². The maximum absolute atomic E-state index is 12.0. The summed E-state index contributed by atoms with van der Waals surface area (Å²) in [5.41, 5.74) is 2.19. The number of benzene rings is 1. The Morgan fingerprint density at radius 2 is 2.03 bits per heavy atom. The van der Waals surface area contributed by atoms with E-state index in [9.17, 15) is 13.2 Å². The molecule has 0 amide bonds. The summed E-state index contributed by atoms with van der Waals surface area (Å²) in [6.45, 7) is 6.68. The van der Waals surface area contributed by atoms with E-state index in [4.69, 9.17) is 16.3 Å². The second-order valence-corrected chi connectivity index (χ2v) is 10.7. The zero-order chi connectivity index (χ0) is 25.0. The molecule has 1 fully saturated rings. The van der Waals surface area contributed by atoms with Crippen LogP contribution in [0, 0.1) is 5.92 Å². The summed E-state index contributed by atoms with van der Waals surface area (Å²) in [4.78, 5) is 15.4. The summed E-state index contributed by atoms with van der Waals surface area (Å²) in [6, 6.07) is 5.91. The second kappa shape index (κ2) is 14.2. The van der Waals surface area contributed by atoms with E-state index in [-0.39, 0.29) is 11.9 Å². The smallest absolute Gasteiger partial charge is 0.306 e. The monoisotopic (exact) mass is 506 g/mol. The summed E-state index contributed by atoms with van der Waals surface area (Å²) in [6.07, 6.45) is 16.1. The normalized spacial score (nSPS) is 17.0. The number of carbonyl (C=O) groups excluding carboxylic acids is 1. The molecule has 1 saturated heterocycles. The molecule has 1 atom stereocenters. The molecule has 1 unspecified atom stereocenters. The highest BCUT2D eigenvalue weighted by Crippen LogP contribution is 2.38. The first-order chi connectivity index (χ1) is 16.3. The van der Waals surface area contributed by atoms with Gasteiger partial charge in [-0.3, -0.25) is 9.79 Å². The molecule has 0 saturated carbocycles. The lowest BCUT2D eigenvalue weighted by Gasteiger charge is -2.35. The van der Waals surface area contributed by atoms with E-state index in [1.807, 2.05) is 36.4 Å². The number of piperidine rings is 1. The fourth-order valence-electron chi connectivity index (χ4n) is 4.27. The van der Waals surface area contributed by atoms with Crippen molar-refractivity contribution in [2.75, 3.05) is 26.0 Å². The summed E-state index contributed by atoms with van der Waals surface area (Å²) in [5, 5.41) is 0.648. The van der Waals surface area contributed by atoms with Gasteiger partial charge < -0.3 is 4.74 Å². The summed E-state index contributed by atoms with van der Waals surface area (Å²) in [7, 11) is -3.18. The molecule has 1 aromatic carbocycles. The Bertz CT molecular complexity index is 1010. The quantitative estimate of drug-likeness (QED) is 0.210. The summed E-state index contributed by atoms with van der Waals surface area (Å²) in [5.74, 6) is 0.322. The molecule has 8 heteroatoms. The zero-order valence-corrected chi connectivity index (χ0v) is 21.6. The molecular weight excluding hydrogens is 472 g/mol. The van der Waals surface area contributed by atoms with Crippen molar-refractivity contribution in [2.45, 2.75) is 44.9 Å². The van der Waals surface area contributed by atoms with Crippen LogP contribution in [0.5, 0.6) is 0 Å². The van der Waals surface area contributed by atoms with Gasteiger partial charge in [0.15, 0.2) is 0 Å². The molecule has 6 nitrogen and oxygen atoms in total. The number of allylic oxidation sites excluding steroid dienone is 4. The summed E-state index contributed by atoms with van der Waals surface area (Å²) < 4.78 is 30.5. The van der Waals surface area contributed by atoms with Crippen LogP contribution in [0.4, 0.5) is 0 Å². The molecule has 34 heavy (non-hydrogen) atoms. The predicted octanol–water partition coefficient (Wildman–Crippen LogP) is 5.61. The zero-order valence-electron chi connectivity index (χ0n) is 20.0. The van der Waals surface area contributed by atoms with Crippen molar-refractivity contribution in [3.8, 4) is 0 Å². The molecule has 1 aromatic rings. The SMILES string of the molecule is C=N/C=C\C=C/CC(c1ccc(Cl)cc1/C=C/CCC(=O)OCC)C1CCN(S(C)(=O)=O)CC1. The molecule has 0 aromatic heterocycles. The number of sulfonamides is 1. The Labute approximate surface area is 209 Å². The van der Waals surface area contributed by atoms with E-state index in [1.54, 1.807) is 17.4 Å². The number of ether oxygens (including phenoxy) is 1. The van der Waals surface area contributed by atoms with Crippen molar-refractivity contribution >= 4 is 40.4 Å². The molecule has 1 aliphatic rings. The van der Waals surface area contributed by atoms with E-state index in [0.29, 0.717) is 43.5 Å². The van der Waals surface area contributed by atoms with E-state index >= 15 is 0 Å². The van der Waals surface area contributed by atoms with Gasteiger partial charge in [0.2, 0.25) is 10.0 Å². The molecule has 0 bridgehead atoms. The van der Waals surface area contributed by atoms with Crippen LogP contribution >= 0.6 is 11.6 Å². The highest BCUT2D eigenvalue weighted by Gasteiger charge is 2.31. The van der Waals surface area contributed by atoms with Crippen LogP contribution in [-0.2, 0) is 19.6 Å². The standard InChI is InChI=1S/C26H35ClN2O4S/c1-4-33-26(30)12-8-7-10-22-20-23(27)13-14-25(22)24(11-6-5-9-17-28-2)21-15-18-29(19-16-21)34(3,31)32/h5-7,9-10,13-14,17,20-21,24H,2,4,8,11-12,15-16,18-19H2,1,3H3/b6-5-,10-7+,17-9-. The molecular formula is C26H35ClN2O4S. The van der Waals surface area contributed by atoms with Crippen molar-refractivity contribution < 1.29 is 17.9 Å². The minimum absolute atomic E-state index is 0.199. The van der Waals surface area contributed by atoms with Crippen LogP contribution in [0.2, 0.25) is 5.02 Å². The third kappa shape index (κ3) is 9.20. The van der Waals surface area contributed by atoms with Gasteiger partial charge >= 0.3 is 5.97 Å². The van der Waals surface area contributed by atoms with E-state index in [2.05, 4.69) is 23.9 Å². The number of nitrogens with zero attached hydrogens (tertiary/aromatic N) is 2. The lowest BCUT2D eigenvalue weighted by Crippen LogP contribution is -2.39. The van der Waals surface area contributed by atoms with Crippen LogP contribution in [-0.4, -0.2) is 51.4 Å². The largest absolute Gasteiger partial charge is 0.466 e. The van der Waals surface area contributed by atoms with Crippen molar-refractivity contribution in [1.82, 2.24) is 4.31 Å². The van der Waals surface area contributed by atoms with Crippen LogP contribution in [0.3, 0.4) is 0 Å². The molecule has 1 aliphatic heterocycles. The first kappa shape index (κ1) is 28.0. The first-order valence-electron chi connectivity index (χ1n) is 11.6. The Kier molecular flexibility index (Phi) is 11.7. The fourth-order valence-corrected chi connectivity index (χ4v) is 5.32. The van der Waals surface area contributed by atoms with Crippen molar-refractivity contribution in [3.63, 3.8) is 0 Å². The Morgan fingerprint density at radius 3 is 2.68 bits per heavy atom. The van der Waals surface area contributed by atoms with E-state index in [0.717, 1.165) is 24.8 Å². The van der Waals surface area contributed by atoms with E-state index < -0.39 is 10.0 Å². The maximum Gasteiger partial charge on any atom is 0.306 e. The average Bonchev–Trinajstić information content (AvgIpc) is 2.79. The van der Waals surface area contributed by atoms with Gasteiger partial charge in [-0.15, -0.1) is 0 Å². The fraction of sp³-hybridized carbons (Fsp3) is 0.462. The number of esters is 1. The number of halogens is 1.